The van der Waals surface area contributed by atoms with Crippen LogP contribution in [0.25, 0.3) is 0 Å². The number of sulfonamides is 2. The first kappa shape index (κ1) is 76.0. The molecule has 4 saturated heterocycles. The molecule has 4 fully saturated rings. The van der Waals surface area contributed by atoms with Gasteiger partial charge in [0.2, 0.25) is 42.7 Å². The molecule has 0 radical (unpaired) electrons. The Hall–Kier alpha value is -6.73. The average Bonchev–Trinajstić information content (AvgIpc) is 1.74. The van der Waals surface area contributed by atoms with Gasteiger partial charge in [-0.05, 0) is 97.2 Å². The van der Waals surface area contributed by atoms with Crippen molar-refractivity contribution in [1.82, 2.24) is 29.9 Å². The number of hydrogen-bond acceptors (Lipinski definition) is 24. The molecule has 0 bridgehead atoms. The third-order valence-electron chi connectivity index (χ3n) is 15.9. The molecule has 538 valence electrons. The van der Waals surface area contributed by atoms with E-state index in [-0.39, 0.29) is 118 Å². The lowest BCUT2D eigenvalue weighted by atomic mass is 10.0. The summed E-state index contributed by atoms with van der Waals surface area (Å²) in [7, 11) is -5.30. The smallest absolute Gasteiger partial charge is 0.407 e. The number of benzene rings is 4. The number of carbonyl (C=O) groups excluding carboxylic acids is 3. The Morgan fingerprint density at radius 3 is 1.39 bits per heavy atom. The molecule has 0 saturated carbocycles. The summed E-state index contributed by atoms with van der Waals surface area (Å²) in [6.07, 6.45) is -3.18. The van der Waals surface area contributed by atoms with E-state index in [4.69, 9.17) is 62.6 Å². The van der Waals surface area contributed by atoms with Crippen molar-refractivity contribution in [2.24, 2.45) is 29.4 Å². The van der Waals surface area contributed by atoms with Gasteiger partial charge in [-0.15, -0.1) is 0 Å². The van der Waals surface area contributed by atoms with Crippen LogP contribution in [-0.2, 0) is 70.4 Å². The van der Waals surface area contributed by atoms with Crippen molar-refractivity contribution in [2.45, 2.75) is 112 Å². The van der Waals surface area contributed by atoms with Crippen LogP contribution in [0.5, 0.6) is 34.5 Å². The van der Waals surface area contributed by atoms with Crippen LogP contribution in [0.15, 0.2) is 94.7 Å². The number of aliphatic hydroxyl groups excluding tert-OH is 2. The summed E-state index contributed by atoms with van der Waals surface area (Å²) in [5.74, 6) is 2.52. The Bertz CT molecular complexity index is 3580. The summed E-state index contributed by atoms with van der Waals surface area (Å²) < 4.78 is 143. The van der Waals surface area contributed by atoms with E-state index in [1.165, 1.54) is 46.0 Å². The minimum absolute atomic E-state index is 0.000108. The second-order valence-corrected chi connectivity index (χ2v) is 31.3. The maximum atomic E-state index is 13.9. The number of rotatable bonds is 29. The van der Waals surface area contributed by atoms with Crippen molar-refractivity contribution < 1.29 is 107 Å². The van der Waals surface area contributed by atoms with Gasteiger partial charge < -0.3 is 94.1 Å². The number of ether oxygens (including phenoxy) is 12. The van der Waals surface area contributed by atoms with Crippen molar-refractivity contribution in [2.75, 3.05) is 106 Å². The Morgan fingerprint density at radius 2 is 1.00 bits per heavy atom. The van der Waals surface area contributed by atoms with Crippen molar-refractivity contribution in [3.05, 3.63) is 96.1 Å². The summed E-state index contributed by atoms with van der Waals surface area (Å²) in [5, 5.41) is 33.8. The predicted molar refractivity (Wildman–Crippen MR) is 350 cm³/mol. The van der Waals surface area contributed by atoms with Gasteiger partial charge in [0.05, 0.1) is 85.1 Å². The van der Waals surface area contributed by atoms with Crippen LogP contribution in [0.2, 0.25) is 0 Å². The largest absolute Gasteiger partial charge is 0.492 e. The van der Waals surface area contributed by atoms with Crippen LogP contribution in [0.4, 0.5) is 14.4 Å². The first-order chi connectivity index (χ1) is 46.2. The van der Waals surface area contributed by atoms with Crippen molar-refractivity contribution in [3.63, 3.8) is 0 Å². The number of fused-ring (bicyclic) bond motifs is 4. The van der Waals surface area contributed by atoms with E-state index in [9.17, 15) is 49.9 Å². The molecule has 0 unspecified atom stereocenters. The molecule has 4 aromatic carbocycles. The highest BCUT2D eigenvalue weighted by Crippen LogP contribution is 2.38. The van der Waals surface area contributed by atoms with Crippen LogP contribution >= 0.6 is 10.7 Å². The fourth-order valence-electron chi connectivity index (χ4n) is 11.3. The zero-order valence-corrected chi connectivity index (χ0v) is 58.0. The number of hydrogen-bond donors (Lipinski definition) is 7. The molecule has 34 heteroatoms. The molecule has 10 rings (SSSR count). The molecule has 6 heterocycles. The molecule has 6 aliphatic heterocycles. The number of urea groups is 1. The van der Waals surface area contributed by atoms with Crippen molar-refractivity contribution in [1.29, 1.82) is 0 Å². The van der Waals surface area contributed by atoms with E-state index in [1.807, 2.05) is 39.8 Å². The lowest BCUT2D eigenvalue weighted by molar-refractivity contribution is -0.0909. The quantitative estimate of drug-likeness (QED) is 0.0300. The number of alkyl carbamates (subject to hydrolysis) is 2. The molecule has 30 nitrogen and oxygen atoms in total. The first-order valence-electron chi connectivity index (χ1n) is 31.7. The fourth-order valence-corrected chi connectivity index (χ4v) is 14.5. The summed E-state index contributed by atoms with van der Waals surface area (Å²) in [6.45, 7) is 10.0. The Labute approximate surface area is 569 Å². The van der Waals surface area contributed by atoms with E-state index in [1.54, 1.807) is 42.5 Å². The number of amides is 4. The first-order valence-corrected chi connectivity index (χ1v) is 37.3. The number of halogens is 1. The summed E-state index contributed by atoms with van der Waals surface area (Å²) in [5.41, 5.74) is 7.06. The molecule has 10 atom stereocenters. The Morgan fingerprint density at radius 1 is 0.598 bits per heavy atom. The monoisotopic (exact) mass is 1440 g/mol. The van der Waals surface area contributed by atoms with Gasteiger partial charge in [0, 0.05) is 62.6 Å². The molecule has 97 heavy (non-hydrogen) atoms. The Kier molecular flexibility index (Phi) is 27.7. The van der Waals surface area contributed by atoms with E-state index in [0.29, 0.717) is 73.8 Å². The summed E-state index contributed by atoms with van der Waals surface area (Å²) in [4.78, 5) is 37.7. The molecule has 4 aromatic rings. The van der Waals surface area contributed by atoms with Crippen LogP contribution in [-0.4, -0.2) is 217 Å². The van der Waals surface area contributed by atoms with Crippen molar-refractivity contribution >= 4 is 58.0 Å². The third-order valence-corrected chi connectivity index (χ3v) is 19.6. The zero-order chi connectivity index (χ0) is 70.0. The van der Waals surface area contributed by atoms with Gasteiger partial charge in [0.1, 0.15) is 36.9 Å². The highest BCUT2D eigenvalue weighted by Gasteiger charge is 2.46. The summed E-state index contributed by atoms with van der Waals surface area (Å²) >= 11 is 0. The molecular weight excluding hydrogens is 1350 g/mol. The maximum Gasteiger partial charge on any atom is 0.407 e. The van der Waals surface area contributed by atoms with Crippen LogP contribution in [0, 0.1) is 23.7 Å². The Balaban J connectivity index is 0.000000232. The third kappa shape index (κ3) is 22.4. The second kappa shape index (κ2) is 35.4. The van der Waals surface area contributed by atoms with Crippen LogP contribution in [0.3, 0.4) is 0 Å². The molecular formula is C63H88ClN7O23S3. The molecule has 0 aromatic heterocycles. The molecule has 4 amide bonds. The van der Waals surface area contributed by atoms with Crippen LogP contribution in [0.1, 0.15) is 51.7 Å². The van der Waals surface area contributed by atoms with Gasteiger partial charge in [0.25, 0.3) is 0 Å². The van der Waals surface area contributed by atoms with Gasteiger partial charge in [-0.1, -0.05) is 52.0 Å². The maximum absolute atomic E-state index is 13.9. The van der Waals surface area contributed by atoms with Gasteiger partial charge in [-0.25, -0.2) is 39.6 Å². The molecule has 0 aliphatic carbocycles. The second-order valence-electron chi connectivity index (χ2n) is 24.4. The number of carbonyl (C=O) groups is 3. The van der Waals surface area contributed by atoms with Crippen molar-refractivity contribution in [3.8, 4) is 34.5 Å². The number of nitrogens with zero attached hydrogens (tertiary/aromatic N) is 2. The predicted octanol–water partition coefficient (Wildman–Crippen LogP) is 3.87. The zero-order valence-electron chi connectivity index (χ0n) is 54.8. The minimum Gasteiger partial charge on any atom is -0.492 e. The highest BCUT2D eigenvalue weighted by atomic mass is 35.7. The number of aliphatic hydroxyl groups is 2. The van der Waals surface area contributed by atoms with Gasteiger partial charge in [-0.3, -0.25) is 0 Å². The normalized spacial score (nSPS) is 21.1. The van der Waals surface area contributed by atoms with Gasteiger partial charge in [0.15, 0.2) is 35.6 Å². The van der Waals surface area contributed by atoms with E-state index < -0.39 is 84.1 Å². The van der Waals surface area contributed by atoms with E-state index in [0.717, 1.165) is 23.8 Å². The highest BCUT2D eigenvalue weighted by molar-refractivity contribution is 8.13. The molecule has 6 aliphatic rings. The van der Waals surface area contributed by atoms with Crippen LogP contribution < -0.4 is 55.4 Å². The SMILES string of the molecule is CC(C)CN(C[C@@H](O)[C@H](Cc1ccc(OCCN)cc1)NC(=O)O[C@H]1CO[C@H]2OCC[C@H]21)S(=O)(=O)c1ccc2c(c1)OCO2.CNC(=O)NCCOc1ccc(C[C@H](NC(=O)O[C@H]2CO[C@H]3OCC[C@H]32)[C@H](O)CN(CC(C)C)S(=O)(=O)c2ccc3c(c2)OCO3)cc1.CS(=O)(=O)Cl. The number of nitrogens with one attached hydrogen (secondary N) is 4. The van der Waals surface area contributed by atoms with Gasteiger partial charge >= 0.3 is 18.2 Å². The fraction of sp³-hybridized carbons (Fsp3) is 0.571. The molecule has 8 N–H and O–H groups in total. The standard InChI is InChI=1S/C32H44N4O11S.C30H41N3O10S.CH3ClO2S/c1-20(2)16-36(48(40,41)23-8-9-27-28(15-23)46-19-45-27)17-26(37)25(35-32(39)47-29-18-44-30-24(29)10-12-43-30)14-21-4-6-22(7-5-21)42-13-11-34-31(38)33-3;1-19(2)15-33(44(36,37)22-7-8-26-27(14-22)42-18-41-26)16-25(34)24(13-20-3-5-21(6-4-20)38-12-10-31)32-30(35)43-28-17-40-29-23(28)9-11-39-29;1-5(2,3)4/h4-9,15,20,24-26,29-30,37H,10-14,16-19H2,1-3H3,(H,35,39)(H2,33,34,38);3-8,14,19,23-25,28-29,34H,9-13,15-18,31H2,1-2H3,(H,32,35);1H3/t24-,25-,26+,29-,30+;23-,24-,25+,28-,29+;/m00./s1. The lowest BCUT2D eigenvalue weighted by Gasteiger charge is -2.31. The van der Waals surface area contributed by atoms with E-state index >= 15 is 0 Å². The lowest BCUT2D eigenvalue weighted by Crippen LogP contribution is -2.51. The summed E-state index contributed by atoms with van der Waals surface area (Å²) in [6, 6.07) is 20.9. The van der Waals surface area contributed by atoms with Gasteiger partial charge in [-0.2, -0.15) is 8.61 Å². The topological polar surface area (TPSA) is 385 Å². The molecule has 0 spiro atoms. The minimum atomic E-state index is -4.08. The number of nitrogens with two attached hydrogens (primary N) is 1. The average molecular weight is 1440 g/mol. The van der Waals surface area contributed by atoms with E-state index in [2.05, 4.69) is 31.9 Å².